The lowest BCUT2D eigenvalue weighted by molar-refractivity contribution is -0.136. The fourth-order valence-corrected chi connectivity index (χ4v) is 3.43. The van der Waals surface area contributed by atoms with Crippen molar-refractivity contribution in [2.75, 3.05) is 5.32 Å². The molecule has 140 valence electrons. The van der Waals surface area contributed by atoms with Crippen LogP contribution < -0.4 is 11.1 Å². The molecule has 3 rings (SSSR count). The number of aromatic nitrogens is 2. The molecule has 1 heterocycles. The standard InChI is InChI=1S/C19H21N5O3/c20-10-13-3-1-2-4-16(13)24-11-15(18(21)27)19(23-24)22-14-7-5-12(6-8-14)9-17(25)26/h5-8,11,13,16H,1-4,9H2,(H2,21,27)(H,22,23)(H,25,26). The third-order valence-electron chi connectivity index (χ3n) is 4.80. The molecule has 0 aliphatic heterocycles. The molecule has 1 aromatic carbocycles. The number of benzene rings is 1. The minimum absolute atomic E-state index is 0.0569. The van der Waals surface area contributed by atoms with E-state index in [1.807, 2.05) is 0 Å². The van der Waals surface area contributed by atoms with Crippen LogP contribution in [0.3, 0.4) is 0 Å². The van der Waals surface area contributed by atoms with Gasteiger partial charge in [-0.2, -0.15) is 10.4 Å². The second kappa shape index (κ2) is 7.91. The van der Waals surface area contributed by atoms with Gasteiger partial charge in [-0.05, 0) is 30.5 Å². The molecule has 2 aromatic rings. The van der Waals surface area contributed by atoms with E-state index in [4.69, 9.17) is 10.8 Å². The third-order valence-corrected chi connectivity index (χ3v) is 4.80. The highest BCUT2D eigenvalue weighted by atomic mass is 16.4. The Morgan fingerprint density at radius 3 is 2.63 bits per heavy atom. The van der Waals surface area contributed by atoms with E-state index in [-0.39, 0.29) is 23.9 Å². The van der Waals surface area contributed by atoms with Gasteiger partial charge in [0.15, 0.2) is 5.82 Å². The second-order valence-electron chi connectivity index (χ2n) is 6.72. The summed E-state index contributed by atoms with van der Waals surface area (Å²) in [6.07, 6.45) is 5.24. The molecule has 0 bridgehead atoms. The Labute approximate surface area is 156 Å². The zero-order valence-electron chi connectivity index (χ0n) is 14.8. The number of primary amides is 1. The predicted octanol–water partition coefficient (Wildman–Crippen LogP) is 2.61. The largest absolute Gasteiger partial charge is 0.481 e. The van der Waals surface area contributed by atoms with Crippen LogP contribution in [-0.4, -0.2) is 26.8 Å². The van der Waals surface area contributed by atoms with Gasteiger partial charge in [-0.25, -0.2) is 0 Å². The van der Waals surface area contributed by atoms with Crippen LogP contribution in [0.15, 0.2) is 30.5 Å². The Balaban J connectivity index is 1.84. The Bertz CT molecular complexity index is 882. The van der Waals surface area contributed by atoms with Gasteiger partial charge in [-0.1, -0.05) is 25.0 Å². The van der Waals surface area contributed by atoms with Crippen molar-refractivity contribution in [2.24, 2.45) is 11.7 Å². The van der Waals surface area contributed by atoms with Crippen LogP contribution in [0.5, 0.6) is 0 Å². The molecule has 1 amide bonds. The van der Waals surface area contributed by atoms with Gasteiger partial charge in [0.2, 0.25) is 0 Å². The minimum Gasteiger partial charge on any atom is -0.481 e. The number of carbonyl (C=O) groups excluding carboxylic acids is 1. The molecule has 4 N–H and O–H groups in total. The number of carboxylic acids is 1. The molecule has 2 unspecified atom stereocenters. The molecule has 0 radical (unpaired) electrons. The topological polar surface area (TPSA) is 134 Å². The van der Waals surface area contributed by atoms with E-state index >= 15 is 0 Å². The summed E-state index contributed by atoms with van der Waals surface area (Å²) in [5, 5.41) is 25.8. The van der Waals surface area contributed by atoms with Gasteiger partial charge < -0.3 is 16.2 Å². The van der Waals surface area contributed by atoms with Crippen molar-refractivity contribution in [2.45, 2.75) is 38.1 Å². The van der Waals surface area contributed by atoms with Crippen LogP contribution in [0.2, 0.25) is 0 Å². The third kappa shape index (κ3) is 4.26. The smallest absolute Gasteiger partial charge is 0.307 e. The molecule has 1 aromatic heterocycles. The first-order valence-electron chi connectivity index (χ1n) is 8.84. The zero-order chi connectivity index (χ0) is 19.4. The van der Waals surface area contributed by atoms with Crippen molar-refractivity contribution in [3.63, 3.8) is 0 Å². The molecule has 27 heavy (non-hydrogen) atoms. The number of anilines is 2. The number of rotatable bonds is 6. The molecule has 1 aliphatic rings. The number of carboxylic acid groups (broad SMARTS) is 1. The maximum Gasteiger partial charge on any atom is 0.307 e. The predicted molar refractivity (Wildman–Crippen MR) is 98.4 cm³/mol. The number of carbonyl (C=O) groups is 2. The van der Waals surface area contributed by atoms with Crippen LogP contribution in [0, 0.1) is 17.2 Å². The van der Waals surface area contributed by atoms with Crippen LogP contribution >= 0.6 is 0 Å². The normalized spacial score (nSPS) is 19.2. The number of nitrogens with one attached hydrogen (secondary N) is 1. The van der Waals surface area contributed by atoms with Crippen molar-refractivity contribution in [1.29, 1.82) is 5.26 Å². The van der Waals surface area contributed by atoms with Gasteiger partial charge in [0.25, 0.3) is 5.91 Å². The molecular weight excluding hydrogens is 346 g/mol. The fraction of sp³-hybridized carbons (Fsp3) is 0.368. The Hall–Kier alpha value is -3.34. The zero-order valence-corrected chi connectivity index (χ0v) is 14.8. The lowest BCUT2D eigenvalue weighted by Crippen LogP contribution is -2.22. The van der Waals surface area contributed by atoms with E-state index in [2.05, 4.69) is 16.5 Å². The van der Waals surface area contributed by atoms with Crippen LogP contribution in [0.1, 0.15) is 47.6 Å². The lowest BCUT2D eigenvalue weighted by Gasteiger charge is -2.26. The van der Waals surface area contributed by atoms with Crippen molar-refractivity contribution in [3.8, 4) is 6.07 Å². The number of nitriles is 1. The number of nitrogens with two attached hydrogens (primary N) is 1. The van der Waals surface area contributed by atoms with Gasteiger partial charge in [0.1, 0.15) is 5.56 Å². The summed E-state index contributed by atoms with van der Waals surface area (Å²) in [6.45, 7) is 0. The van der Waals surface area contributed by atoms with E-state index in [0.29, 0.717) is 17.1 Å². The number of amides is 1. The average Bonchev–Trinajstić information content (AvgIpc) is 3.07. The summed E-state index contributed by atoms with van der Waals surface area (Å²) < 4.78 is 1.67. The summed E-state index contributed by atoms with van der Waals surface area (Å²) >= 11 is 0. The monoisotopic (exact) mass is 367 g/mol. The molecule has 0 saturated heterocycles. The van der Waals surface area contributed by atoms with Gasteiger partial charge in [0.05, 0.1) is 24.4 Å². The maximum atomic E-state index is 11.8. The Morgan fingerprint density at radius 1 is 1.30 bits per heavy atom. The van der Waals surface area contributed by atoms with Gasteiger partial charge in [-0.3, -0.25) is 14.3 Å². The maximum absolute atomic E-state index is 11.8. The van der Waals surface area contributed by atoms with Gasteiger partial charge in [0, 0.05) is 11.9 Å². The Morgan fingerprint density at radius 2 is 2.00 bits per heavy atom. The van der Waals surface area contributed by atoms with Gasteiger partial charge in [-0.15, -0.1) is 0 Å². The fourth-order valence-electron chi connectivity index (χ4n) is 3.43. The van der Waals surface area contributed by atoms with Crippen LogP contribution in [-0.2, 0) is 11.2 Å². The summed E-state index contributed by atoms with van der Waals surface area (Å²) in [5.41, 5.74) is 7.09. The van der Waals surface area contributed by atoms with Crippen molar-refractivity contribution in [1.82, 2.24) is 9.78 Å². The number of nitrogens with zero attached hydrogens (tertiary/aromatic N) is 3. The van der Waals surface area contributed by atoms with Crippen LogP contribution in [0.25, 0.3) is 0 Å². The molecule has 1 aliphatic carbocycles. The molecule has 8 heteroatoms. The van der Waals surface area contributed by atoms with Crippen LogP contribution in [0.4, 0.5) is 11.5 Å². The van der Waals surface area contributed by atoms with Crippen molar-refractivity contribution in [3.05, 3.63) is 41.6 Å². The first-order valence-corrected chi connectivity index (χ1v) is 8.84. The lowest BCUT2D eigenvalue weighted by atomic mass is 9.85. The van der Waals surface area contributed by atoms with E-state index in [1.54, 1.807) is 35.1 Å². The highest BCUT2D eigenvalue weighted by Crippen LogP contribution is 2.34. The van der Waals surface area contributed by atoms with Gasteiger partial charge >= 0.3 is 5.97 Å². The van der Waals surface area contributed by atoms with E-state index in [1.165, 1.54) is 0 Å². The Kier molecular flexibility index (Phi) is 5.41. The van der Waals surface area contributed by atoms with E-state index in [0.717, 1.165) is 25.7 Å². The number of aliphatic carboxylic acids is 1. The van der Waals surface area contributed by atoms with E-state index in [9.17, 15) is 14.9 Å². The number of hydrogen-bond acceptors (Lipinski definition) is 5. The SMILES string of the molecule is N#CC1CCCCC1n1cc(C(N)=O)c(Nc2ccc(CC(=O)O)cc2)n1. The van der Waals surface area contributed by atoms with Crippen molar-refractivity contribution >= 4 is 23.4 Å². The average molecular weight is 367 g/mol. The molecule has 1 fully saturated rings. The highest BCUT2D eigenvalue weighted by Gasteiger charge is 2.28. The molecule has 2 atom stereocenters. The molecular formula is C19H21N5O3. The first-order chi connectivity index (χ1) is 13.0. The quantitative estimate of drug-likeness (QED) is 0.718. The summed E-state index contributed by atoms with van der Waals surface area (Å²) in [6, 6.07) is 9.11. The first kappa shape index (κ1) is 18.5. The highest BCUT2D eigenvalue weighted by molar-refractivity contribution is 5.98. The summed E-state index contributed by atoms with van der Waals surface area (Å²) in [7, 11) is 0. The molecule has 0 spiro atoms. The second-order valence-corrected chi connectivity index (χ2v) is 6.72. The molecule has 8 nitrogen and oxygen atoms in total. The van der Waals surface area contributed by atoms with E-state index < -0.39 is 11.9 Å². The minimum atomic E-state index is -0.898. The molecule has 1 saturated carbocycles. The summed E-state index contributed by atoms with van der Waals surface area (Å²) in [4.78, 5) is 22.6. The number of hydrogen-bond donors (Lipinski definition) is 3. The van der Waals surface area contributed by atoms with Crippen molar-refractivity contribution < 1.29 is 14.7 Å². The summed E-state index contributed by atoms with van der Waals surface area (Å²) in [5.74, 6) is -1.31.